The number of amides is 1. The minimum absolute atomic E-state index is 0.0629. The van der Waals surface area contributed by atoms with Gasteiger partial charge in [0.25, 0.3) is 0 Å². The lowest BCUT2D eigenvalue weighted by atomic mass is 9.93. The fraction of sp³-hybridized carbons (Fsp3) is 0.688. The molecule has 1 aliphatic carbocycles. The van der Waals surface area contributed by atoms with Crippen LogP contribution in [0, 0.1) is 6.92 Å². The second kappa shape index (κ2) is 6.31. The van der Waals surface area contributed by atoms with Crippen molar-refractivity contribution in [3.05, 3.63) is 21.9 Å². The van der Waals surface area contributed by atoms with Crippen molar-refractivity contribution in [3.8, 4) is 0 Å². The van der Waals surface area contributed by atoms with E-state index < -0.39 is 0 Å². The Bertz CT molecular complexity index is 516. The average Bonchev–Trinajstić information content (AvgIpc) is 3.04. The fourth-order valence-electron chi connectivity index (χ4n) is 3.54. The zero-order chi connectivity index (χ0) is 15.0. The number of rotatable bonds is 3. The summed E-state index contributed by atoms with van der Waals surface area (Å²) in [7, 11) is 0. The lowest BCUT2D eigenvalue weighted by Gasteiger charge is -2.37. The van der Waals surface area contributed by atoms with Crippen LogP contribution in [0.3, 0.4) is 0 Å². The van der Waals surface area contributed by atoms with Crippen LogP contribution in [0.15, 0.2) is 12.1 Å². The van der Waals surface area contributed by atoms with Crippen molar-refractivity contribution >= 4 is 29.0 Å². The number of carbonyl (C=O) groups excluding carboxylic acids is 1. The van der Waals surface area contributed by atoms with Crippen molar-refractivity contribution < 1.29 is 4.79 Å². The number of hydrogen-bond acceptors (Lipinski definition) is 4. The first-order chi connectivity index (χ1) is 10.1. The normalized spacial score (nSPS) is 33.7. The van der Waals surface area contributed by atoms with Crippen molar-refractivity contribution in [1.29, 1.82) is 0 Å². The van der Waals surface area contributed by atoms with Gasteiger partial charge in [-0.2, -0.15) is 11.8 Å². The van der Waals surface area contributed by atoms with Gasteiger partial charge in [-0.25, -0.2) is 0 Å². The van der Waals surface area contributed by atoms with Crippen LogP contribution in [0.2, 0.25) is 0 Å². The van der Waals surface area contributed by atoms with Gasteiger partial charge < -0.3 is 4.90 Å². The minimum Gasteiger partial charge on any atom is -0.318 e. The summed E-state index contributed by atoms with van der Waals surface area (Å²) >= 11 is 3.76. The molecule has 4 atom stereocenters. The summed E-state index contributed by atoms with van der Waals surface area (Å²) in [6, 6.07) is 4.66. The van der Waals surface area contributed by atoms with E-state index in [-0.39, 0.29) is 18.1 Å². The maximum atomic E-state index is 12.7. The summed E-state index contributed by atoms with van der Waals surface area (Å²) in [6.45, 7) is 4.12. The molecule has 21 heavy (non-hydrogen) atoms. The summed E-state index contributed by atoms with van der Waals surface area (Å²) in [4.78, 5) is 17.4. The lowest BCUT2D eigenvalue weighted by Crippen LogP contribution is -2.43. The van der Waals surface area contributed by atoms with E-state index >= 15 is 0 Å². The predicted octanol–water partition coefficient (Wildman–Crippen LogP) is 3.55. The summed E-state index contributed by atoms with van der Waals surface area (Å²) in [5.74, 6) is 0.276. The van der Waals surface area contributed by atoms with Gasteiger partial charge in [0.1, 0.15) is 6.17 Å². The first kappa shape index (κ1) is 15.4. The van der Waals surface area contributed by atoms with Crippen LogP contribution in [0.25, 0.3) is 0 Å². The Morgan fingerprint density at radius 3 is 2.86 bits per heavy atom. The molecule has 5 heteroatoms. The van der Waals surface area contributed by atoms with Gasteiger partial charge in [0.2, 0.25) is 5.91 Å². The van der Waals surface area contributed by atoms with E-state index in [1.54, 1.807) is 11.3 Å². The third-order valence-electron chi connectivity index (χ3n) is 4.67. The van der Waals surface area contributed by atoms with Gasteiger partial charge in [-0.1, -0.05) is 6.42 Å². The molecular formula is C16H24N2OS2. The van der Waals surface area contributed by atoms with E-state index in [9.17, 15) is 4.79 Å². The van der Waals surface area contributed by atoms with Gasteiger partial charge in [-0.3, -0.25) is 10.1 Å². The van der Waals surface area contributed by atoms with Gasteiger partial charge in [-0.05, 0) is 51.5 Å². The number of aryl methyl sites for hydroxylation is 1. The molecule has 4 unspecified atom stereocenters. The Labute approximate surface area is 135 Å². The maximum absolute atomic E-state index is 12.7. The van der Waals surface area contributed by atoms with E-state index in [0.29, 0.717) is 11.3 Å². The number of hydrogen-bond donors (Lipinski definition) is 1. The van der Waals surface area contributed by atoms with Crippen LogP contribution in [-0.2, 0) is 4.79 Å². The monoisotopic (exact) mass is 324 g/mol. The first-order valence-electron chi connectivity index (χ1n) is 7.77. The molecule has 0 spiro atoms. The molecule has 2 heterocycles. The molecular weight excluding hydrogens is 300 g/mol. The van der Waals surface area contributed by atoms with E-state index in [0.717, 1.165) is 12.8 Å². The Morgan fingerprint density at radius 1 is 1.38 bits per heavy atom. The number of carbonyl (C=O) groups is 1. The van der Waals surface area contributed by atoms with Crippen molar-refractivity contribution in [2.75, 3.05) is 6.26 Å². The van der Waals surface area contributed by atoms with Crippen molar-refractivity contribution in [1.82, 2.24) is 10.2 Å². The Kier molecular flexibility index (Phi) is 4.62. The highest BCUT2D eigenvalue weighted by molar-refractivity contribution is 7.99. The minimum atomic E-state index is -0.0629. The summed E-state index contributed by atoms with van der Waals surface area (Å²) in [5, 5.41) is 4.20. The highest BCUT2D eigenvalue weighted by Crippen LogP contribution is 2.37. The molecule has 0 radical (unpaired) electrons. The second-order valence-electron chi connectivity index (χ2n) is 6.16. The first-order valence-corrected chi connectivity index (χ1v) is 9.88. The van der Waals surface area contributed by atoms with Crippen molar-refractivity contribution in [3.63, 3.8) is 0 Å². The van der Waals surface area contributed by atoms with Crippen molar-refractivity contribution in [2.24, 2.45) is 0 Å². The largest absolute Gasteiger partial charge is 0.318 e. The van der Waals surface area contributed by atoms with Gasteiger partial charge in [-0.15, -0.1) is 11.3 Å². The van der Waals surface area contributed by atoms with Crippen LogP contribution in [-0.4, -0.2) is 34.4 Å². The number of thioether (sulfide) groups is 1. The highest BCUT2D eigenvalue weighted by Gasteiger charge is 2.42. The SMILES string of the molecule is CSC1CCCC(N2C(=O)C(C)NC2c2ccc(C)s2)C1. The van der Waals surface area contributed by atoms with Gasteiger partial charge >= 0.3 is 0 Å². The molecule has 1 aliphatic heterocycles. The van der Waals surface area contributed by atoms with Crippen LogP contribution >= 0.6 is 23.1 Å². The smallest absolute Gasteiger partial charge is 0.241 e. The zero-order valence-electron chi connectivity index (χ0n) is 13.0. The van der Waals surface area contributed by atoms with Crippen molar-refractivity contribution in [2.45, 2.75) is 63.0 Å². The summed E-state index contributed by atoms with van der Waals surface area (Å²) < 4.78 is 0. The highest BCUT2D eigenvalue weighted by atomic mass is 32.2. The molecule has 1 amide bonds. The molecule has 2 fully saturated rings. The van der Waals surface area contributed by atoms with E-state index in [1.165, 1.54) is 22.6 Å². The average molecular weight is 325 g/mol. The summed E-state index contributed by atoms with van der Waals surface area (Å²) in [5.41, 5.74) is 0. The van der Waals surface area contributed by atoms with E-state index in [1.807, 2.05) is 18.7 Å². The number of nitrogens with one attached hydrogen (secondary N) is 1. The lowest BCUT2D eigenvalue weighted by molar-refractivity contribution is -0.132. The Balaban J connectivity index is 1.84. The fourth-order valence-corrected chi connectivity index (χ4v) is 5.29. The molecule has 0 aromatic carbocycles. The van der Waals surface area contributed by atoms with Gasteiger partial charge in [0, 0.05) is 21.0 Å². The third kappa shape index (κ3) is 3.01. The standard InChI is InChI=1S/C16H24N2OS2/c1-10-7-8-14(21-10)15-17-11(2)16(19)18(15)12-5-4-6-13(9-12)20-3/h7-8,11-13,15,17H,4-6,9H2,1-3H3. The summed E-state index contributed by atoms with van der Waals surface area (Å²) in [6.07, 6.45) is 7.10. The van der Waals surface area contributed by atoms with Gasteiger partial charge in [0.15, 0.2) is 0 Å². The van der Waals surface area contributed by atoms with E-state index in [2.05, 4.69) is 35.5 Å². The second-order valence-corrected chi connectivity index (χ2v) is 8.62. The molecule has 1 aromatic heterocycles. The molecule has 2 aliphatic rings. The number of thiophene rings is 1. The van der Waals surface area contributed by atoms with Crippen LogP contribution < -0.4 is 5.32 Å². The number of nitrogens with zero attached hydrogens (tertiary/aromatic N) is 1. The van der Waals surface area contributed by atoms with Crippen LogP contribution in [0.4, 0.5) is 0 Å². The third-order valence-corrected chi connectivity index (χ3v) is 6.81. The molecule has 116 valence electrons. The molecule has 3 nitrogen and oxygen atoms in total. The molecule has 1 saturated heterocycles. The van der Waals surface area contributed by atoms with E-state index in [4.69, 9.17) is 0 Å². The van der Waals surface area contributed by atoms with Crippen LogP contribution in [0.1, 0.15) is 48.5 Å². The quantitative estimate of drug-likeness (QED) is 0.923. The predicted molar refractivity (Wildman–Crippen MR) is 90.8 cm³/mol. The zero-order valence-corrected chi connectivity index (χ0v) is 14.6. The topological polar surface area (TPSA) is 32.3 Å². The van der Waals surface area contributed by atoms with Crippen LogP contribution in [0.5, 0.6) is 0 Å². The van der Waals surface area contributed by atoms with Gasteiger partial charge in [0.05, 0.1) is 6.04 Å². The molecule has 1 N–H and O–H groups in total. The Hall–Kier alpha value is -0.520. The molecule has 1 saturated carbocycles. The molecule has 3 rings (SSSR count). The Morgan fingerprint density at radius 2 is 2.19 bits per heavy atom. The maximum Gasteiger partial charge on any atom is 0.241 e. The molecule has 0 bridgehead atoms. The molecule has 1 aromatic rings.